The summed E-state index contributed by atoms with van der Waals surface area (Å²) in [5.74, 6) is 1.12. The van der Waals surface area contributed by atoms with E-state index in [0.717, 1.165) is 24.2 Å². The zero-order valence-corrected chi connectivity index (χ0v) is 11.5. The second-order valence-electron chi connectivity index (χ2n) is 6.00. The quantitative estimate of drug-likeness (QED) is 0.650. The fraction of sp³-hybridized carbons (Fsp3) is 0.625. The van der Waals surface area contributed by atoms with Crippen LogP contribution in [-0.2, 0) is 0 Å². The minimum Gasteiger partial charge on any atom is -0.486 e. The molecule has 1 nitrogen and oxygen atoms in total. The number of ether oxygens (including phenoxy) is 1. The third-order valence-corrected chi connectivity index (χ3v) is 4.91. The van der Waals surface area contributed by atoms with Gasteiger partial charge in [-0.25, -0.2) is 4.39 Å². The highest BCUT2D eigenvalue weighted by Gasteiger charge is 2.47. The number of benzene rings is 1. The van der Waals surface area contributed by atoms with Crippen molar-refractivity contribution >= 4 is 0 Å². The molecule has 1 heterocycles. The lowest BCUT2D eigenvalue weighted by Gasteiger charge is -2.36. The average molecular weight is 248 g/mol. The molecule has 0 bridgehead atoms. The highest BCUT2D eigenvalue weighted by Crippen LogP contribution is 2.52. The molecular formula is C16H21FO. The molecule has 1 unspecified atom stereocenters. The molecule has 1 aromatic rings. The van der Waals surface area contributed by atoms with E-state index in [4.69, 9.17) is 4.74 Å². The Morgan fingerprint density at radius 3 is 2.56 bits per heavy atom. The van der Waals surface area contributed by atoms with Crippen molar-refractivity contribution in [2.24, 2.45) is 0 Å². The zero-order valence-electron chi connectivity index (χ0n) is 11.5. The van der Waals surface area contributed by atoms with Gasteiger partial charge in [0.1, 0.15) is 17.2 Å². The van der Waals surface area contributed by atoms with Gasteiger partial charge >= 0.3 is 0 Å². The van der Waals surface area contributed by atoms with Gasteiger partial charge in [0.25, 0.3) is 0 Å². The van der Waals surface area contributed by atoms with Crippen LogP contribution in [0.5, 0.6) is 5.75 Å². The molecule has 18 heavy (non-hydrogen) atoms. The SMILES string of the molecule is Cc1cc2c(c(C)c1F)OC1(CCCCC1)C2C. The smallest absolute Gasteiger partial charge is 0.132 e. The molecule has 1 fully saturated rings. The second-order valence-corrected chi connectivity index (χ2v) is 6.00. The highest BCUT2D eigenvalue weighted by molar-refractivity contribution is 5.51. The first-order valence-corrected chi connectivity index (χ1v) is 7.04. The van der Waals surface area contributed by atoms with Gasteiger partial charge in [0.15, 0.2) is 0 Å². The Labute approximate surface area is 108 Å². The Balaban J connectivity index is 2.08. The van der Waals surface area contributed by atoms with E-state index >= 15 is 0 Å². The molecule has 1 aliphatic carbocycles. The van der Waals surface area contributed by atoms with Gasteiger partial charge in [0.2, 0.25) is 0 Å². The van der Waals surface area contributed by atoms with Crippen molar-refractivity contribution in [3.63, 3.8) is 0 Å². The molecule has 0 saturated heterocycles. The van der Waals surface area contributed by atoms with Crippen LogP contribution < -0.4 is 4.74 Å². The molecule has 0 amide bonds. The van der Waals surface area contributed by atoms with Gasteiger partial charge in [0.05, 0.1) is 0 Å². The Hall–Kier alpha value is -1.05. The van der Waals surface area contributed by atoms with Gasteiger partial charge in [-0.15, -0.1) is 0 Å². The normalized spacial score (nSPS) is 25.0. The van der Waals surface area contributed by atoms with Crippen molar-refractivity contribution in [1.82, 2.24) is 0 Å². The lowest BCUT2D eigenvalue weighted by Crippen LogP contribution is -2.39. The predicted octanol–water partition coefficient (Wildman–Crippen LogP) is 4.64. The third-order valence-electron chi connectivity index (χ3n) is 4.91. The Kier molecular flexibility index (Phi) is 2.65. The number of fused-ring (bicyclic) bond motifs is 1. The van der Waals surface area contributed by atoms with Crippen LogP contribution in [0.25, 0.3) is 0 Å². The van der Waals surface area contributed by atoms with Crippen LogP contribution in [0.4, 0.5) is 4.39 Å². The second kappa shape index (κ2) is 3.97. The van der Waals surface area contributed by atoms with E-state index in [-0.39, 0.29) is 11.4 Å². The van der Waals surface area contributed by atoms with Gasteiger partial charge < -0.3 is 4.74 Å². The van der Waals surface area contributed by atoms with Gasteiger partial charge in [-0.2, -0.15) is 0 Å². The number of hydrogen-bond donors (Lipinski definition) is 0. The maximum atomic E-state index is 14.0. The molecule has 1 atom stereocenters. The molecule has 0 radical (unpaired) electrons. The maximum absolute atomic E-state index is 14.0. The van der Waals surface area contributed by atoms with Crippen molar-refractivity contribution < 1.29 is 9.13 Å². The lowest BCUT2D eigenvalue weighted by molar-refractivity contribution is 0.0328. The summed E-state index contributed by atoms with van der Waals surface area (Å²) in [4.78, 5) is 0. The molecule has 1 aliphatic heterocycles. The Morgan fingerprint density at radius 2 is 1.89 bits per heavy atom. The van der Waals surface area contributed by atoms with Gasteiger partial charge in [0, 0.05) is 17.0 Å². The monoisotopic (exact) mass is 248 g/mol. The predicted molar refractivity (Wildman–Crippen MR) is 70.7 cm³/mol. The molecule has 2 aliphatic rings. The summed E-state index contributed by atoms with van der Waals surface area (Å²) in [6.07, 6.45) is 6.00. The van der Waals surface area contributed by atoms with Crippen LogP contribution in [0.1, 0.15) is 61.6 Å². The van der Waals surface area contributed by atoms with Crippen LogP contribution in [0.3, 0.4) is 0 Å². The lowest BCUT2D eigenvalue weighted by atomic mass is 9.75. The van der Waals surface area contributed by atoms with Gasteiger partial charge in [-0.3, -0.25) is 0 Å². The van der Waals surface area contributed by atoms with Crippen LogP contribution >= 0.6 is 0 Å². The first kappa shape index (κ1) is 12.0. The van der Waals surface area contributed by atoms with Crippen molar-refractivity contribution in [3.05, 3.63) is 28.6 Å². The van der Waals surface area contributed by atoms with Gasteiger partial charge in [-0.05, 0) is 51.2 Å². The van der Waals surface area contributed by atoms with E-state index in [1.54, 1.807) is 0 Å². The van der Waals surface area contributed by atoms with Crippen molar-refractivity contribution in [2.75, 3.05) is 0 Å². The summed E-state index contributed by atoms with van der Waals surface area (Å²) in [5, 5.41) is 0. The van der Waals surface area contributed by atoms with Crippen LogP contribution in [0, 0.1) is 19.7 Å². The van der Waals surface area contributed by atoms with Crippen molar-refractivity contribution in [2.45, 2.75) is 64.4 Å². The average Bonchev–Trinajstić information content (AvgIpc) is 2.63. The van der Waals surface area contributed by atoms with Crippen LogP contribution in [0.15, 0.2) is 6.07 Å². The minimum atomic E-state index is -0.103. The summed E-state index contributed by atoms with van der Waals surface area (Å²) >= 11 is 0. The summed E-state index contributed by atoms with van der Waals surface area (Å²) in [5.41, 5.74) is 2.60. The molecule has 98 valence electrons. The van der Waals surface area contributed by atoms with E-state index in [1.807, 2.05) is 19.9 Å². The molecule has 1 aromatic carbocycles. The van der Waals surface area contributed by atoms with Crippen LogP contribution in [0.2, 0.25) is 0 Å². The molecule has 3 rings (SSSR count). The molecule has 0 aromatic heterocycles. The molecule has 0 N–H and O–H groups in total. The molecule has 2 heteroatoms. The summed E-state index contributed by atoms with van der Waals surface area (Å²) in [7, 11) is 0. The Bertz CT molecular complexity index is 486. The fourth-order valence-corrected chi connectivity index (χ4v) is 3.69. The Morgan fingerprint density at radius 1 is 1.22 bits per heavy atom. The minimum absolute atomic E-state index is 0.0500. The van der Waals surface area contributed by atoms with E-state index < -0.39 is 0 Å². The third kappa shape index (κ3) is 1.51. The standard InChI is InChI=1S/C16H21FO/c1-10-9-13-12(3)16(7-5-4-6-8-16)18-15(13)11(2)14(10)17/h9,12H,4-8H2,1-3H3. The molecule has 1 saturated carbocycles. The van der Waals surface area contributed by atoms with E-state index in [0.29, 0.717) is 11.5 Å². The van der Waals surface area contributed by atoms with Crippen LogP contribution in [-0.4, -0.2) is 5.60 Å². The first-order chi connectivity index (χ1) is 8.55. The van der Waals surface area contributed by atoms with Gasteiger partial charge in [-0.1, -0.05) is 13.3 Å². The molecular weight excluding hydrogens is 227 g/mol. The van der Waals surface area contributed by atoms with E-state index in [9.17, 15) is 4.39 Å². The van der Waals surface area contributed by atoms with Crippen molar-refractivity contribution in [3.8, 4) is 5.75 Å². The summed E-state index contributed by atoms with van der Waals surface area (Å²) < 4.78 is 20.3. The number of aryl methyl sites for hydroxylation is 1. The zero-order chi connectivity index (χ0) is 12.9. The fourth-order valence-electron chi connectivity index (χ4n) is 3.69. The summed E-state index contributed by atoms with van der Waals surface area (Å²) in [6, 6.07) is 1.99. The van der Waals surface area contributed by atoms with E-state index in [1.165, 1.54) is 24.8 Å². The first-order valence-electron chi connectivity index (χ1n) is 7.04. The summed E-state index contributed by atoms with van der Waals surface area (Å²) in [6.45, 7) is 5.94. The number of hydrogen-bond acceptors (Lipinski definition) is 1. The topological polar surface area (TPSA) is 9.23 Å². The molecule has 1 spiro atoms. The maximum Gasteiger partial charge on any atom is 0.132 e. The highest BCUT2D eigenvalue weighted by atomic mass is 19.1. The van der Waals surface area contributed by atoms with Crippen molar-refractivity contribution in [1.29, 1.82) is 0 Å². The largest absolute Gasteiger partial charge is 0.486 e. The number of rotatable bonds is 0. The number of halogens is 1. The van der Waals surface area contributed by atoms with E-state index in [2.05, 4.69) is 6.92 Å².